The molecule has 0 aliphatic carbocycles. The van der Waals surface area contributed by atoms with Gasteiger partial charge in [-0.2, -0.15) is 5.26 Å². The number of nitriles is 1. The lowest BCUT2D eigenvalue weighted by Gasteiger charge is -1.97. The molecule has 0 atom stereocenters. The predicted molar refractivity (Wildman–Crippen MR) is 36.0 cm³/mol. The molecule has 0 aliphatic rings. The molecule has 0 saturated carbocycles. The van der Waals surface area contributed by atoms with Crippen LogP contribution in [0.15, 0.2) is 12.4 Å². The molecule has 0 unspecified atom stereocenters. The van der Waals surface area contributed by atoms with Crippen molar-refractivity contribution in [2.24, 2.45) is 5.73 Å². The number of hydrogen-bond acceptors (Lipinski definition) is 3. The first-order chi connectivity index (χ1) is 4.88. The SMILES string of the molecule is N#Cc1nccn1CCN. The van der Waals surface area contributed by atoms with Gasteiger partial charge in [-0.1, -0.05) is 0 Å². The van der Waals surface area contributed by atoms with Crippen molar-refractivity contribution in [3.05, 3.63) is 18.2 Å². The Balaban J connectivity index is 2.82. The Morgan fingerprint density at radius 1 is 1.80 bits per heavy atom. The van der Waals surface area contributed by atoms with Gasteiger partial charge in [0.05, 0.1) is 0 Å². The number of rotatable bonds is 2. The maximum absolute atomic E-state index is 8.46. The summed E-state index contributed by atoms with van der Waals surface area (Å²) in [5.74, 6) is 0.422. The summed E-state index contributed by atoms with van der Waals surface area (Å²) >= 11 is 0. The molecule has 1 aromatic rings. The number of nitrogens with zero attached hydrogens (tertiary/aromatic N) is 3. The lowest BCUT2D eigenvalue weighted by molar-refractivity contribution is 0.698. The van der Waals surface area contributed by atoms with Gasteiger partial charge in [-0.25, -0.2) is 4.98 Å². The van der Waals surface area contributed by atoms with Crippen LogP contribution < -0.4 is 5.73 Å². The second kappa shape index (κ2) is 2.99. The normalized spacial score (nSPS) is 9.20. The minimum Gasteiger partial charge on any atom is -0.329 e. The van der Waals surface area contributed by atoms with E-state index in [0.717, 1.165) is 0 Å². The third-order valence-electron chi connectivity index (χ3n) is 1.19. The fraction of sp³-hybridized carbons (Fsp3) is 0.333. The van der Waals surface area contributed by atoms with Crippen LogP contribution in [0.2, 0.25) is 0 Å². The van der Waals surface area contributed by atoms with Crippen molar-refractivity contribution in [3.8, 4) is 6.07 Å². The summed E-state index contributed by atoms with van der Waals surface area (Å²) in [5, 5.41) is 8.46. The van der Waals surface area contributed by atoms with Gasteiger partial charge >= 0.3 is 0 Å². The second-order valence-electron chi connectivity index (χ2n) is 1.84. The van der Waals surface area contributed by atoms with Crippen molar-refractivity contribution >= 4 is 0 Å². The zero-order chi connectivity index (χ0) is 7.40. The molecule has 52 valence electrons. The number of nitrogens with two attached hydrogens (primary N) is 1. The topological polar surface area (TPSA) is 67.6 Å². The maximum Gasteiger partial charge on any atom is 0.212 e. The minimum atomic E-state index is 0.422. The Morgan fingerprint density at radius 3 is 3.20 bits per heavy atom. The highest BCUT2D eigenvalue weighted by atomic mass is 15.1. The largest absolute Gasteiger partial charge is 0.329 e. The quantitative estimate of drug-likeness (QED) is 0.607. The molecular formula is C6H8N4. The zero-order valence-corrected chi connectivity index (χ0v) is 5.49. The molecule has 1 aromatic heterocycles. The van der Waals surface area contributed by atoms with Gasteiger partial charge in [-0.15, -0.1) is 0 Å². The first-order valence-corrected chi connectivity index (χ1v) is 3.00. The molecule has 2 N–H and O–H groups in total. The predicted octanol–water partition coefficient (Wildman–Crippen LogP) is -0.287. The van der Waals surface area contributed by atoms with E-state index in [1.165, 1.54) is 0 Å². The smallest absolute Gasteiger partial charge is 0.212 e. The molecule has 0 amide bonds. The van der Waals surface area contributed by atoms with Gasteiger partial charge in [0.2, 0.25) is 5.82 Å². The summed E-state index contributed by atoms with van der Waals surface area (Å²) in [7, 11) is 0. The van der Waals surface area contributed by atoms with Crippen LogP contribution in [0, 0.1) is 11.3 Å². The van der Waals surface area contributed by atoms with Gasteiger partial charge in [0.15, 0.2) is 0 Å². The van der Waals surface area contributed by atoms with Crippen LogP contribution in [-0.2, 0) is 6.54 Å². The van der Waals surface area contributed by atoms with E-state index in [1.807, 2.05) is 6.07 Å². The van der Waals surface area contributed by atoms with E-state index in [4.69, 9.17) is 11.0 Å². The standard InChI is InChI=1S/C6H8N4/c7-1-3-10-4-2-9-6(10)5-8/h2,4H,1,3,7H2. The molecule has 1 heterocycles. The summed E-state index contributed by atoms with van der Waals surface area (Å²) in [5.41, 5.74) is 5.29. The van der Waals surface area contributed by atoms with E-state index >= 15 is 0 Å². The fourth-order valence-corrected chi connectivity index (χ4v) is 0.742. The molecule has 0 spiro atoms. The Bertz CT molecular complexity index is 244. The van der Waals surface area contributed by atoms with E-state index in [2.05, 4.69) is 4.98 Å². The molecule has 0 fully saturated rings. The van der Waals surface area contributed by atoms with Crippen LogP contribution in [-0.4, -0.2) is 16.1 Å². The molecule has 0 bridgehead atoms. The Hall–Kier alpha value is -1.34. The molecular weight excluding hydrogens is 128 g/mol. The monoisotopic (exact) mass is 136 g/mol. The highest BCUT2D eigenvalue weighted by Crippen LogP contribution is 1.92. The van der Waals surface area contributed by atoms with E-state index in [1.54, 1.807) is 17.0 Å². The van der Waals surface area contributed by atoms with E-state index in [9.17, 15) is 0 Å². The van der Waals surface area contributed by atoms with Crippen molar-refractivity contribution in [3.63, 3.8) is 0 Å². The molecule has 0 radical (unpaired) electrons. The molecule has 4 heteroatoms. The van der Waals surface area contributed by atoms with Crippen molar-refractivity contribution < 1.29 is 0 Å². The Labute approximate surface area is 58.9 Å². The van der Waals surface area contributed by atoms with Crippen LogP contribution in [0.4, 0.5) is 0 Å². The number of hydrogen-bond donors (Lipinski definition) is 1. The Kier molecular flexibility index (Phi) is 2.03. The van der Waals surface area contributed by atoms with Crippen LogP contribution in [0.3, 0.4) is 0 Å². The highest BCUT2D eigenvalue weighted by molar-refractivity contribution is 5.10. The van der Waals surface area contributed by atoms with Crippen molar-refractivity contribution in [1.82, 2.24) is 9.55 Å². The van der Waals surface area contributed by atoms with E-state index < -0.39 is 0 Å². The fourth-order valence-electron chi connectivity index (χ4n) is 0.742. The zero-order valence-electron chi connectivity index (χ0n) is 5.49. The summed E-state index contributed by atoms with van der Waals surface area (Å²) in [6.45, 7) is 1.19. The van der Waals surface area contributed by atoms with Crippen LogP contribution >= 0.6 is 0 Å². The average molecular weight is 136 g/mol. The lowest BCUT2D eigenvalue weighted by Crippen LogP contribution is -2.10. The number of aromatic nitrogens is 2. The third-order valence-corrected chi connectivity index (χ3v) is 1.19. The second-order valence-corrected chi connectivity index (χ2v) is 1.84. The molecule has 1 rings (SSSR count). The van der Waals surface area contributed by atoms with Gasteiger partial charge < -0.3 is 10.3 Å². The minimum absolute atomic E-state index is 0.422. The first-order valence-electron chi connectivity index (χ1n) is 3.00. The van der Waals surface area contributed by atoms with Gasteiger partial charge in [0.1, 0.15) is 6.07 Å². The first kappa shape index (κ1) is 6.78. The summed E-state index contributed by atoms with van der Waals surface area (Å²) in [4.78, 5) is 3.80. The van der Waals surface area contributed by atoms with E-state index in [-0.39, 0.29) is 0 Å². The van der Waals surface area contributed by atoms with E-state index in [0.29, 0.717) is 18.9 Å². The molecule has 0 saturated heterocycles. The highest BCUT2D eigenvalue weighted by Gasteiger charge is 1.97. The molecule has 10 heavy (non-hydrogen) atoms. The van der Waals surface area contributed by atoms with Gasteiger partial charge in [-0.3, -0.25) is 0 Å². The van der Waals surface area contributed by atoms with Crippen LogP contribution in [0.25, 0.3) is 0 Å². The van der Waals surface area contributed by atoms with Gasteiger partial charge in [0, 0.05) is 25.5 Å². The molecule has 0 aliphatic heterocycles. The van der Waals surface area contributed by atoms with Gasteiger partial charge in [-0.05, 0) is 0 Å². The maximum atomic E-state index is 8.46. The summed E-state index contributed by atoms with van der Waals surface area (Å²) in [6.07, 6.45) is 3.33. The lowest BCUT2D eigenvalue weighted by atomic mass is 10.6. The van der Waals surface area contributed by atoms with Crippen LogP contribution in [0.1, 0.15) is 5.82 Å². The molecule has 0 aromatic carbocycles. The Morgan fingerprint density at radius 2 is 2.60 bits per heavy atom. The average Bonchev–Trinajstić information content (AvgIpc) is 2.36. The summed E-state index contributed by atoms with van der Waals surface area (Å²) < 4.78 is 1.72. The summed E-state index contributed by atoms with van der Waals surface area (Å²) in [6, 6.07) is 1.96. The van der Waals surface area contributed by atoms with Crippen molar-refractivity contribution in [2.75, 3.05) is 6.54 Å². The molecule has 4 nitrogen and oxygen atoms in total. The third kappa shape index (κ3) is 1.14. The van der Waals surface area contributed by atoms with Crippen LogP contribution in [0.5, 0.6) is 0 Å². The number of imidazole rings is 1. The van der Waals surface area contributed by atoms with Crippen molar-refractivity contribution in [1.29, 1.82) is 5.26 Å². The van der Waals surface area contributed by atoms with Crippen molar-refractivity contribution in [2.45, 2.75) is 6.54 Å². The van der Waals surface area contributed by atoms with Gasteiger partial charge in [0.25, 0.3) is 0 Å².